The molecule has 0 bridgehead atoms. The van der Waals surface area contributed by atoms with Crippen LogP contribution in [-0.4, -0.2) is 96.7 Å². The highest BCUT2D eigenvalue weighted by atomic mass is 31.2. The van der Waals surface area contributed by atoms with Crippen LogP contribution in [0.5, 0.6) is 0 Å². The Labute approximate surface area is 600 Å². The van der Waals surface area contributed by atoms with E-state index in [9.17, 15) is 43.2 Å². The zero-order chi connectivity index (χ0) is 71.8. The summed E-state index contributed by atoms with van der Waals surface area (Å²) in [5.41, 5.74) is 0. The van der Waals surface area contributed by atoms with E-state index >= 15 is 0 Å². The Hall–Kier alpha value is -2.20. The lowest BCUT2D eigenvalue weighted by Gasteiger charge is -2.21. The molecule has 0 fully saturated rings. The lowest BCUT2D eigenvalue weighted by atomic mass is 10.0. The molecule has 19 heteroatoms. The molecule has 2 unspecified atom stereocenters. The van der Waals surface area contributed by atoms with E-state index in [-0.39, 0.29) is 25.7 Å². The second-order valence-corrected chi connectivity index (χ2v) is 31.0. The molecule has 0 aromatic rings. The topological polar surface area (TPSA) is 237 Å². The molecule has 0 heterocycles. The highest BCUT2D eigenvalue weighted by molar-refractivity contribution is 7.47. The number of hydrogen-bond donors (Lipinski definition) is 3. The van der Waals surface area contributed by atoms with E-state index in [0.29, 0.717) is 25.7 Å². The normalized spacial score (nSPS) is 13.9. The van der Waals surface area contributed by atoms with E-state index in [1.54, 1.807) is 0 Å². The fourth-order valence-electron chi connectivity index (χ4n) is 12.0. The highest BCUT2D eigenvalue weighted by Crippen LogP contribution is 2.45. The average Bonchev–Trinajstić information content (AvgIpc) is 1.04. The third-order valence-corrected chi connectivity index (χ3v) is 20.2. The Morgan fingerprint density at radius 2 is 0.469 bits per heavy atom. The predicted molar refractivity (Wildman–Crippen MR) is 400 cm³/mol. The Morgan fingerprint density at radius 1 is 0.276 bits per heavy atom. The standard InChI is InChI=1S/C79H152O17P2/c1-5-9-13-17-21-25-29-33-36-40-44-48-52-56-60-64-77(82)90-70-75(96-79(84)66-62-58-54-50-46-42-38-35-31-27-23-19-15-11-7-3)72-94-98(87,88)92-68-73(80)67-91-97(85,86)93-71-74(69-89-76(81)63-59-55-51-47-43-39-32-28-24-20-16-12-8-4)95-78(83)65-61-57-53-49-45-41-37-34-30-26-22-18-14-10-6-2/h25,29,73-75,80H,5-24,26-28,30-72H2,1-4H3,(H,85,86)(H,87,88)/b29-25-/t73-,74+,75+/m0/s1. The third kappa shape index (κ3) is 72.2. The summed E-state index contributed by atoms with van der Waals surface area (Å²) in [4.78, 5) is 73.0. The summed E-state index contributed by atoms with van der Waals surface area (Å²) in [5, 5.41) is 10.6. The van der Waals surface area contributed by atoms with Crippen LogP contribution in [0.3, 0.4) is 0 Å². The minimum absolute atomic E-state index is 0.106. The summed E-state index contributed by atoms with van der Waals surface area (Å²) in [6, 6.07) is 0. The van der Waals surface area contributed by atoms with E-state index in [4.69, 9.17) is 37.0 Å². The highest BCUT2D eigenvalue weighted by Gasteiger charge is 2.30. The van der Waals surface area contributed by atoms with Gasteiger partial charge >= 0.3 is 39.5 Å². The van der Waals surface area contributed by atoms with Crippen LogP contribution in [0.25, 0.3) is 0 Å². The Kier molecular flexibility index (Phi) is 71.5. The maximum atomic E-state index is 13.1. The van der Waals surface area contributed by atoms with E-state index < -0.39 is 97.5 Å². The summed E-state index contributed by atoms with van der Waals surface area (Å²) in [6.45, 7) is 4.99. The lowest BCUT2D eigenvalue weighted by molar-refractivity contribution is -0.161. The van der Waals surface area contributed by atoms with Gasteiger partial charge in [0.1, 0.15) is 19.3 Å². The number of ether oxygens (including phenoxy) is 4. The number of phosphoric ester groups is 2. The van der Waals surface area contributed by atoms with Gasteiger partial charge in [0.2, 0.25) is 0 Å². The molecule has 98 heavy (non-hydrogen) atoms. The number of esters is 4. The van der Waals surface area contributed by atoms with Crippen LogP contribution < -0.4 is 0 Å². The van der Waals surface area contributed by atoms with Crippen molar-refractivity contribution >= 4 is 39.5 Å². The number of carbonyl (C=O) groups is 4. The van der Waals surface area contributed by atoms with E-state index in [2.05, 4.69) is 39.8 Å². The number of rotatable bonds is 79. The number of unbranched alkanes of at least 4 members (excludes halogenated alkanes) is 51. The Balaban J connectivity index is 5.28. The quantitative estimate of drug-likeness (QED) is 0.0169. The summed E-state index contributed by atoms with van der Waals surface area (Å²) in [6.07, 6.45) is 66.0. The first-order chi connectivity index (χ1) is 47.7. The molecule has 0 spiro atoms. The number of hydrogen-bond acceptors (Lipinski definition) is 15. The maximum absolute atomic E-state index is 13.1. The number of allylic oxidation sites excluding steroid dienone is 2. The second kappa shape index (κ2) is 73.1. The van der Waals surface area contributed by atoms with E-state index in [1.807, 2.05) is 0 Å². The summed E-state index contributed by atoms with van der Waals surface area (Å²) in [5.74, 6) is -2.12. The molecule has 17 nitrogen and oxygen atoms in total. The van der Waals surface area contributed by atoms with Crippen molar-refractivity contribution in [2.45, 2.75) is 431 Å². The number of carbonyl (C=O) groups excluding carboxylic acids is 4. The van der Waals surface area contributed by atoms with Gasteiger partial charge in [-0.15, -0.1) is 0 Å². The molecule has 3 N–H and O–H groups in total. The van der Waals surface area contributed by atoms with Crippen molar-refractivity contribution in [3.05, 3.63) is 12.2 Å². The van der Waals surface area contributed by atoms with Gasteiger partial charge in [0.15, 0.2) is 12.2 Å². The van der Waals surface area contributed by atoms with Crippen LogP contribution in [0.15, 0.2) is 12.2 Å². The summed E-state index contributed by atoms with van der Waals surface area (Å²) < 4.78 is 68.7. The van der Waals surface area contributed by atoms with Crippen LogP contribution in [0, 0.1) is 0 Å². The van der Waals surface area contributed by atoms with Crippen molar-refractivity contribution in [3.63, 3.8) is 0 Å². The van der Waals surface area contributed by atoms with Crippen LogP contribution >= 0.6 is 15.6 Å². The van der Waals surface area contributed by atoms with Crippen molar-refractivity contribution in [2.75, 3.05) is 39.6 Å². The van der Waals surface area contributed by atoms with Crippen molar-refractivity contribution in [1.29, 1.82) is 0 Å². The van der Waals surface area contributed by atoms with Gasteiger partial charge in [-0.25, -0.2) is 9.13 Å². The second-order valence-electron chi connectivity index (χ2n) is 28.1. The first-order valence-electron chi connectivity index (χ1n) is 40.9. The lowest BCUT2D eigenvalue weighted by Crippen LogP contribution is -2.30. The summed E-state index contributed by atoms with van der Waals surface area (Å²) >= 11 is 0. The largest absolute Gasteiger partial charge is 0.472 e. The molecule has 580 valence electrons. The molecule has 0 aliphatic heterocycles. The van der Waals surface area contributed by atoms with Gasteiger partial charge in [-0.3, -0.25) is 37.3 Å². The molecule has 0 amide bonds. The van der Waals surface area contributed by atoms with Crippen molar-refractivity contribution in [3.8, 4) is 0 Å². The minimum atomic E-state index is -4.96. The zero-order valence-electron chi connectivity index (χ0n) is 63.5. The van der Waals surface area contributed by atoms with Crippen LogP contribution in [0.2, 0.25) is 0 Å². The predicted octanol–water partition coefficient (Wildman–Crippen LogP) is 23.6. The molecule has 0 aromatic heterocycles. The van der Waals surface area contributed by atoms with Gasteiger partial charge in [0, 0.05) is 25.7 Å². The molecule has 0 rings (SSSR count). The minimum Gasteiger partial charge on any atom is -0.462 e. The molecular weight excluding hydrogens is 1280 g/mol. The fourth-order valence-corrected chi connectivity index (χ4v) is 13.6. The van der Waals surface area contributed by atoms with E-state index in [0.717, 1.165) is 103 Å². The van der Waals surface area contributed by atoms with Gasteiger partial charge in [-0.2, -0.15) is 0 Å². The SMILES string of the molecule is CCCCCC/C=C\CCCCCCCCCC(=O)OC[C@H](COP(=O)(O)OC[C@@H](O)COP(=O)(O)OC[C@@H](COC(=O)CCCCCCCCCCCCCCC)OC(=O)CCCCCCCCCCCCCCCCC)OC(=O)CCCCCCCCCCCCCCCCC. The van der Waals surface area contributed by atoms with Crippen molar-refractivity contribution in [1.82, 2.24) is 0 Å². The third-order valence-electron chi connectivity index (χ3n) is 18.3. The monoisotopic (exact) mass is 1440 g/mol. The smallest absolute Gasteiger partial charge is 0.462 e. The Bertz CT molecular complexity index is 1910. The molecule has 5 atom stereocenters. The van der Waals surface area contributed by atoms with Crippen LogP contribution in [0.4, 0.5) is 0 Å². The maximum Gasteiger partial charge on any atom is 0.472 e. The molecule has 0 saturated carbocycles. The molecule has 0 aliphatic rings. The first-order valence-corrected chi connectivity index (χ1v) is 43.9. The number of aliphatic hydroxyl groups excluding tert-OH is 1. The number of phosphoric acid groups is 2. The van der Waals surface area contributed by atoms with E-state index in [1.165, 1.54) is 231 Å². The van der Waals surface area contributed by atoms with Crippen LogP contribution in [0.1, 0.15) is 413 Å². The van der Waals surface area contributed by atoms with Gasteiger partial charge in [-0.05, 0) is 51.4 Å². The van der Waals surface area contributed by atoms with Gasteiger partial charge in [0.05, 0.1) is 26.4 Å². The molecule has 0 saturated heterocycles. The summed E-state index contributed by atoms with van der Waals surface area (Å²) in [7, 11) is -9.92. The molecular formula is C79H152O17P2. The fraction of sp³-hybridized carbons (Fsp3) is 0.924. The van der Waals surface area contributed by atoms with Crippen molar-refractivity contribution < 1.29 is 80.2 Å². The molecule has 0 aromatic carbocycles. The zero-order valence-corrected chi connectivity index (χ0v) is 65.3. The van der Waals surface area contributed by atoms with Crippen molar-refractivity contribution in [2.24, 2.45) is 0 Å². The first kappa shape index (κ1) is 95.8. The average molecular weight is 1440 g/mol. The van der Waals surface area contributed by atoms with Gasteiger partial charge in [-0.1, -0.05) is 348 Å². The Morgan fingerprint density at radius 3 is 0.714 bits per heavy atom. The van der Waals surface area contributed by atoms with Gasteiger partial charge < -0.3 is 33.8 Å². The van der Waals surface area contributed by atoms with Gasteiger partial charge in [0.25, 0.3) is 0 Å². The van der Waals surface area contributed by atoms with Crippen LogP contribution in [-0.2, 0) is 65.4 Å². The molecule has 0 aliphatic carbocycles. The number of aliphatic hydroxyl groups is 1. The molecule has 0 radical (unpaired) electrons.